The van der Waals surface area contributed by atoms with Gasteiger partial charge in [-0.3, -0.25) is 9.69 Å². The minimum absolute atomic E-state index is 0.0713. The van der Waals surface area contributed by atoms with Gasteiger partial charge in [-0.25, -0.2) is 14.6 Å². The lowest BCUT2D eigenvalue weighted by Gasteiger charge is -2.35. The van der Waals surface area contributed by atoms with Crippen LogP contribution < -0.4 is 10.5 Å². The molecule has 122 valence electrons. The first kappa shape index (κ1) is 15.6. The van der Waals surface area contributed by atoms with Gasteiger partial charge in [0.2, 0.25) is 0 Å². The maximum absolute atomic E-state index is 11.7. The smallest absolute Gasteiger partial charge is 0.268 e. The van der Waals surface area contributed by atoms with Crippen LogP contribution in [-0.2, 0) is 20.0 Å². The number of anilines is 1. The number of aryl methyl sites for hydroxylation is 2. The Kier molecular flexibility index (Phi) is 4.66. The number of rotatable bonds is 4. The van der Waals surface area contributed by atoms with E-state index in [4.69, 9.17) is 0 Å². The van der Waals surface area contributed by atoms with Crippen molar-refractivity contribution in [3.05, 3.63) is 46.4 Å². The van der Waals surface area contributed by atoms with Crippen molar-refractivity contribution in [3.63, 3.8) is 0 Å². The topological polar surface area (TPSA) is 67.2 Å². The molecule has 0 atom stereocenters. The Labute approximate surface area is 135 Å². The molecule has 1 aliphatic heterocycles. The second-order valence-electron chi connectivity index (χ2n) is 5.76. The molecule has 1 aliphatic rings. The standard InChI is InChI=1S/C16H22N6O/c1-3-15-17-5-4-13(19-15)12-21-6-8-22(9-7-21)14-10-16(23)20(2)18-11-14/h4-5,10-11H,3,6-9,12H2,1-2H3. The molecule has 2 aromatic rings. The fourth-order valence-electron chi connectivity index (χ4n) is 2.73. The highest BCUT2D eigenvalue weighted by molar-refractivity contribution is 5.43. The summed E-state index contributed by atoms with van der Waals surface area (Å²) in [4.78, 5) is 25.1. The van der Waals surface area contributed by atoms with Gasteiger partial charge in [0.05, 0.1) is 17.6 Å². The molecule has 0 radical (unpaired) electrons. The van der Waals surface area contributed by atoms with E-state index in [-0.39, 0.29) is 5.56 Å². The Hall–Kier alpha value is -2.28. The van der Waals surface area contributed by atoms with E-state index in [9.17, 15) is 4.79 Å². The van der Waals surface area contributed by atoms with Crippen molar-refractivity contribution in [2.45, 2.75) is 19.9 Å². The van der Waals surface area contributed by atoms with Crippen molar-refractivity contribution in [1.29, 1.82) is 0 Å². The lowest BCUT2D eigenvalue weighted by atomic mass is 10.2. The molecule has 7 nitrogen and oxygen atoms in total. The lowest BCUT2D eigenvalue weighted by Crippen LogP contribution is -2.46. The van der Waals surface area contributed by atoms with E-state index >= 15 is 0 Å². The van der Waals surface area contributed by atoms with Crippen LogP contribution in [0, 0.1) is 0 Å². The highest BCUT2D eigenvalue weighted by Gasteiger charge is 2.18. The lowest BCUT2D eigenvalue weighted by molar-refractivity contribution is 0.246. The molecule has 3 rings (SSSR count). The zero-order chi connectivity index (χ0) is 16.2. The molecule has 0 unspecified atom stereocenters. The van der Waals surface area contributed by atoms with Crippen LogP contribution in [0.5, 0.6) is 0 Å². The van der Waals surface area contributed by atoms with Gasteiger partial charge in [-0.2, -0.15) is 5.10 Å². The van der Waals surface area contributed by atoms with Gasteiger partial charge in [-0.15, -0.1) is 0 Å². The van der Waals surface area contributed by atoms with Gasteiger partial charge in [-0.05, 0) is 6.07 Å². The number of nitrogens with zero attached hydrogens (tertiary/aromatic N) is 6. The van der Waals surface area contributed by atoms with Crippen LogP contribution in [0.1, 0.15) is 18.4 Å². The first-order valence-corrected chi connectivity index (χ1v) is 7.97. The summed E-state index contributed by atoms with van der Waals surface area (Å²) in [6.45, 7) is 6.58. The predicted octanol–water partition coefficient (Wildman–Crippen LogP) is 0.455. The molecule has 23 heavy (non-hydrogen) atoms. The molecule has 0 aromatic carbocycles. The van der Waals surface area contributed by atoms with Crippen molar-refractivity contribution < 1.29 is 0 Å². The van der Waals surface area contributed by atoms with Crippen molar-refractivity contribution >= 4 is 5.69 Å². The molecule has 0 spiro atoms. The predicted molar refractivity (Wildman–Crippen MR) is 88.4 cm³/mol. The summed E-state index contributed by atoms with van der Waals surface area (Å²) in [6, 6.07) is 3.64. The molecule has 0 aliphatic carbocycles. The van der Waals surface area contributed by atoms with Crippen LogP contribution in [-0.4, -0.2) is 50.8 Å². The number of aromatic nitrogens is 4. The molecule has 1 fully saturated rings. The molecular weight excluding hydrogens is 292 g/mol. The van der Waals surface area contributed by atoms with E-state index in [1.54, 1.807) is 19.3 Å². The zero-order valence-electron chi connectivity index (χ0n) is 13.6. The number of hydrogen-bond donors (Lipinski definition) is 0. The Morgan fingerprint density at radius 3 is 2.70 bits per heavy atom. The van der Waals surface area contributed by atoms with Gasteiger partial charge in [0.25, 0.3) is 5.56 Å². The molecule has 2 aromatic heterocycles. The number of hydrogen-bond acceptors (Lipinski definition) is 6. The van der Waals surface area contributed by atoms with Gasteiger partial charge in [0.1, 0.15) is 5.82 Å². The molecule has 0 amide bonds. The first-order chi connectivity index (χ1) is 11.2. The summed E-state index contributed by atoms with van der Waals surface area (Å²) < 4.78 is 1.35. The molecule has 7 heteroatoms. The molecule has 0 bridgehead atoms. The second-order valence-corrected chi connectivity index (χ2v) is 5.76. The summed E-state index contributed by atoms with van der Waals surface area (Å²) >= 11 is 0. The van der Waals surface area contributed by atoms with Crippen LogP contribution >= 0.6 is 0 Å². The Bertz CT molecular complexity index is 721. The summed E-state index contributed by atoms with van der Waals surface area (Å²) in [7, 11) is 1.66. The summed E-state index contributed by atoms with van der Waals surface area (Å²) in [6.07, 6.45) is 4.45. The van der Waals surface area contributed by atoms with E-state index in [1.165, 1.54) is 4.68 Å². The Morgan fingerprint density at radius 1 is 1.22 bits per heavy atom. The zero-order valence-corrected chi connectivity index (χ0v) is 13.6. The average Bonchev–Trinajstić information content (AvgIpc) is 2.58. The van der Waals surface area contributed by atoms with Crippen molar-refractivity contribution in [1.82, 2.24) is 24.6 Å². The van der Waals surface area contributed by atoms with E-state index in [0.29, 0.717) is 0 Å². The quantitative estimate of drug-likeness (QED) is 0.816. The highest BCUT2D eigenvalue weighted by atomic mass is 16.1. The van der Waals surface area contributed by atoms with Gasteiger partial charge in [0.15, 0.2) is 0 Å². The van der Waals surface area contributed by atoms with Gasteiger partial charge < -0.3 is 4.90 Å². The first-order valence-electron chi connectivity index (χ1n) is 7.97. The Balaban J connectivity index is 1.59. The van der Waals surface area contributed by atoms with Crippen molar-refractivity contribution in [2.75, 3.05) is 31.1 Å². The van der Waals surface area contributed by atoms with Gasteiger partial charge in [-0.1, -0.05) is 6.92 Å². The Morgan fingerprint density at radius 2 is 2.00 bits per heavy atom. The van der Waals surface area contributed by atoms with Crippen molar-refractivity contribution in [2.24, 2.45) is 7.05 Å². The molecular formula is C16H22N6O. The maximum Gasteiger partial charge on any atom is 0.268 e. The molecule has 3 heterocycles. The minimum atomic E-state index is -0.0713. The number of piperazine rings is 1. The summed E-state index contributed by atoms with van der Waals surface area (Å²) in [5.41, 5.74) is 1.90. The third kappa shape index (κ3) is 3.73. The summed E-state index contributed by atoms with van der Waals surface area (Å²) in [5, 5.41) is 4.09. The monoisotopic (exact) mass is 314 g/mol. The average molecular weight is 314 g/mol. The fraction of sp³-hybridized carbons (Fsp3) is 0.500. The molecule has 1 saturated heterocycles. The van der Waals surface area contributed by atoms with E-state index in [1.807, 2.05) is 12.3 Å². The highest BCUT2D eigenvalue weighted by Crippen LogP contribution is 2.14. The third-order valence-corrected chi connectivity index (χ3v) is 4.16. The maximum atomic E-state index is 11.7. The van der Waals surface area contributed by atoms with E-state index < -0.39 is 0 Å². The van der Waals surface area contributed by atoms with Crippen LogP contribution in [0.15, 0.2) is 29.3 Å². The van der Waals surface area contributed by atoms with E-state index in [2.05, 4.69) is 31.8 Å². The van der Waals surface area contributed by atoms with Crippen LogP contribution in [0.3, 0.4) is 0 Å². The van der Waals surface area contributed by atoms with Gasteiger partial charge >= 0.3 is 0 Å². The second kappa shape index (κ2) is 6.87. The van der Waals surface area contributed by atoms with Crippen molar-refractivity contribution in [3.8, 4) is 0 Å². The third-order valence-electron chi connectivity index (χ3n) is 4.16. The van der Waals surface area contributed by atoms with Crippen LogP contribution in [0.25, 0.3) is 0 Å². The molecule has 0 saturated carbocycles. The molecule has 0 N–H and O–H groups in total. The summed E-state index contributed by atoms with van der Waals surface area (Å²) in [5.74, 6) is 0.896. The largest absolute Gasteiger partial charge is 0.368 e. The van der Waals surface area contributed by atoms with E-state index in [0.717, 1.165) is 56.4 Å². The van der Waals surface area contributed by atoms with Crippen LogP contribution in [0.2, 0.25) is 0 Å². The van der Waals surface area contributed by atoms with Crippen LogP contribution in [0.4, 0.5) is 5.69 Å². The SMILES string of the molecule is CCc1nccc(CN2CCN(c3cnn(C)c(=O)c3)CC2)n1. The van der Waals surface area contributed by atoms with Gasteiger partial charge in [0, 0.05) is 58.5 Å². The fourth-order valence-corrected chi connectivity index (χ4v) is 2.73. The minimum Gasteiger partial charge on any atom is -0.368 e. The normalized spacial score (nSPS) is 15.8.